The van der Waals surface area contributed by atoms with Crippen LogP contribution in [0, 0.1) is 0 Å². The number of hydrogen-bond donors (Lipinski definition) is 0. The van der Waals surface area contributed by atoms with Crippen molar-refractivity contribution in [3.8, 4) is 0 Å². The average molecular weight is 288 g/mol. The van der Waals surface area contributed by atoms with E-state index in [2.05, 4.69) is 50.8 Å². The summed E-state index contributed by atoms with van der Waals surface area (Å²) in [6, 6.07) is 0. The molecule has 0 aliphatic heterocycles. The Morgan fingerprint density at radius 1 is 0.864 bits per heavy atom. The summed E-state index contributed by atoms with van der Waals surface area (Å²) in [5.41, 5.74) is 10.2. The third-order valence-corrected chi connectivity index (χ3v) is 6.60. The normalized spacial score (nSPS) is 36.4. The summed E-state index contributed by atoms with van der Waals surface area (Å²) in [5.74, 6) is 3.13. The van der Waals surface area contributed by atoms with E-state index < -0.39 is 0 Å². The molecule has 0 aromatic heterocycles. The molecule has 0 saturated heterocycles. The predicted octanol–water partition coefficient (Wildman–Crippen LogP) is 5.82. The molecule has 5 rings (SSSR count). The third kappa shape index (κ3) is 1.39. The lowest BCUT2D eigenvalue weighted by atomic mass is 9.72. The molecule has 112 valence electrons. The summed E-state index contributed by atoms with van der Waals surface area (Å²) in [7, 11) is 0. The zero-order valence-electron chi connectivity index (χ0n) is 13.6. The van der Waals surface area contributed by atoms with Gasteiger partial charge in [0.15, 0.2) is 0 Å². The van der Waals surface area contributed by atoms with Crippen molar-refractivity contribution in [3.05, 3.63) is 70.3 Å². The molecule has 4 aliphatic rings. The maximum atomic E-state index is 4.14. The van der Waals surface area contributed by atoms with E-state index in [4.69, 9.17) is 0 Å². The van der Waals surface area contributed by atoms with Crippen LogP contribution in [0.25, 0.3) is 0 Å². The highest BCUT2D eigenvalue weighted by Crippen LogP contribution is 2.58. The number of fused-ring (bicyclic) bond motifs is 10. The fourth-order valence-electron chi connectivity index (χ4n) is 5.74. The van der Waals surface area contributed by atoms with Gasteiger partial charge in [0.05, 0.1) is 0 Å². The Hall–Kier alpha value is -1.56. The first kappa shape index (κ1) is 12.9. The number of benzene rings is 1. The summed E-state index contributed by atoms with van der Waals surface area (Å²) in [5, 5.41) is 0. The molecule has 0 fully saturated rings. The Morgan fingerprint density at radius 2 is 1.50 bits per heavy atom. The standard InChI is InChI=1S/C22H24/c1-4-14-9-10-17-18-12(2)5-6-13(3)19(18)21-15-7-8-16(11-15)22(21)20(14)17/h4-8,12-16H,1,9-11H2,2-3H3. The van der Waals surface area contributed by atoms with Crippen molar-refractivity contribution in [2.45, 2.75) is 62.7 Å². The van der Waals surface area contributed by atoms with E-state index >= 15 is 0 Å². The Balaban J connectivity index is 1.90. The lowest BCUT2D eigenvalue weighted by Crippen LogP contribution is -2.16. The first-order chi connectivity index (χ1) is 10.7. The van der Waals surface area contributed by atoms with Gasteiger partial charge in [0, 0.05) is 17.8 Å². The molecule has 0 amide bonds. The van der Waals surface area contributed by atoms with Gasteiger partial charge < -0.3 is 0 Å². The molecule has 0 N–H and O–H groups in total. The van der Waals surface area contributed by atoms with Crippen LogP contribution in [-0.4, -0.2) is 0 Å². The second-order valence-corrected chi connectivity index (χ2v) is 7.72. The molecule has 1 aromatic carbocycles. The van der Waals surface area contributed by atoms with E-state index in [1.54, 1.807) is 33.4 Å². The molecule has 0 radical (unpaired) electrons. The van der Waals surface area contributed by atoms with Gasteiger partial charge >= 0.3 is 0 Å². The van der Waals surface area contributed by atoms with Crippen LogP contribution in [0.1, 0.15) is 89.7 Å². The van der Waals surface area contributed by atoms with Gasteiger partial charge in [-0.3, -0.25) is 0 Å². The minimum absolute atomic E-state index is 0.580. The van der Waals surface area contributed by atoms with E-state index in [-0.39, 0.29) is 0 Å². The van der Waals surface area contributed by atoms with Gasteiger partial charge in [-0.15, -0.1) is 6.58 Å². The van der Waals surface area contributed by atoms with Crippen LogP contribution < -0.4 is 0 Å². The van der Waals surface area contributed by atoms with Crippen LogP contribution in [0.5, 0.6) is 0 Å². The minimum atomic E-state index is 0.580. The second-order valence-electron chi connectivity index (χ2n) is 7.72. The molecule has 0 spiro atoms. The smallest absolute Gasteiger partial charge is 0.00331 e. The van der Waals surface area contributed by atoms with E-state index in [1.807, 2.05) is 0 Å². The summed E-state index contributed by atoms with van der Waals surface area (Å²) in [6.07, 6.45) is 15.9. The van der Waals surface area contributed by atoms with Crippen LogP contribution in [0.2, 0.25) is 0 Å². The second kappa shape index (κ2) is 4.25. The van der Waals surface area contributed by atoms with Gasteiger partial charge in [-0.05, 0) is 64.5 Å². The van der Waals surface area contributed by atoms with Gasteiger partial charge in [0.25, 0.3) is 0 Å². The van der Waals surface area contributed by atoms with Crippen LogP contribution >= 0.6 is 0 Å². The van der Waals surface area contributed by atoms with Crippen molar-refractivity contribution in [1.29, 1.82) is 0 Å². The predicted molar refractivity (Wildman–Crippen MR) is 92.9 cm³/mol. The number of hydrogen-bond acceptors (Lipinski definition) is 0. The molecule has 0 nitrogen and oxygen atoms in total. The summed E-state index contributed by atoms with van der Waals surface area (Å²) >= 11 is 0. The van der Waals surface area contributed by atoms with Crippen molar-refractivity contribution < 1.29 is 0 Å². The SMILES string of the molecule is C=CC1CCc2c3c(c4c(c21)C1C=CC4C1)C(C)C=CC3C. The van der Waals surface area contributed by atoms with Crippen molar-refractivity contribution in [2.24, 2.45) is 0 Å². The Kier molecular flexibility index (Phi) is 2.50. The summed E-state index contributed by atoms with van der Waals surface area (Å²) < 4.78 is 0. The molecule has 5 atom stereocenters. The summed E-state index contributed by atoms with van der Waals surface area (Å²) in [4.78, 5) is 0. The molecule has 0 heterocycles. The van der Waals surface area contributed by atoms with Crippen LogP contribution in [-0.2, 0) is 6.42 Å². The number of allylic oxidation sites excluding steroid dienone is 5. The maximum Gasteiger partial charge on any atom is 0.00331 e. The topological polar surface area (TPSA) is 0 Å². The monoisotopic (exact) mass is 288 g/mol. The highest BCUT2D eigenvalue weighted by molar-refractivity contribution is 5.67. The molecule has 0 heteroatoms. The zero-order chi connectivity index (χ0) is 15.0. The quantitative estimate of drug-likeness (QED) is 0.571. The Bertz CT molecular complexity index is 743. The van der Waals surface area contributed by atoms with Gasteiger partial charge in [0.1, 0.15) is 0 Å². The van der Waals surface area contributed by atoms with Gasteiger partial charge in [-0.2, -0.15) is 0 Å². The zero-order valence-corrected chi connectivity index (χ0v) is 13.6. The van der Waals surface area contributed by atoms with Gasteiger partial charge in [-0.1, -0.05) is 44.2 Å². The van der Waals surface area contributed by atoms with Gasteiger partial charge in [-0.25, -0.2) is 0 Å². The van der Waals surface area contributed by atoms with Crippen molar-refractivity contribution >= 4 is 0 Å². The van der Waals surface area contributed by atoms with E-state index in [1.165, 1.54) is 19.3 Å². The average Bonchev–Trinajstić information content (AvgIpc) is 3.22. The third-order valence-electron chi connectivity index (χ3n) is 6.60. The first-order valence-corrected chi connectivity index (χ1v) is 8.92. The first-order valence-electron chi connectivity index (χ1n) is 8.92. The van der Waals surface area contributed by atoms with E-state index in [9.17, 15) is 0 Å². The van der Waals surface area contributed by atoms with Crippen LogP contribution in [0.3, 0.4) is 0 Å². The lowest BCUT2D eigenvalue weighted by Gasteiger charge is -2.32. The van der Waals surface area contributed by atoms with Crippen molar-refractivity contribution in [1.82, 2.24) is 0 Å². The highest BCUT2D eigenvalue weighted by Gasteiger charge is 2.43. The van der Waals surface area contributed by atoms with Crippen LogP contribution in [0.4, 0.5) is 0 Å². The molecule has 2 bridgehead atoms. The molecule has 0 saturated carbocycles. The van der Waals surface area contributed by atoms with Crippen molar-refractivity contribution in [2.75, 3.05) is 0 Å². The minimum Gasteiger partial charge on any atom is -0.102 e. The maximum absolute atomic E-state index is 4.14. The van der Waals surface area contributed by atoms with Gasteiger partial charge in [0.2, 0.25) is 0 Å². The highest BCUT2D eigenvalue weighted by atomic mass is 14.5. The molecule has 1 aromatic rings. The molecule has 5 unspecified atom stereocenters. The molecular formula is C22H24. The summed E-state index contributed by atoms with van der Waals surface area (Å²) in [6.45, 7) is 8.92. The molecule has 22 heavy (non-hydrogen) atoms. The lowest BCUT2D eigenvalue weighted by molar-refractivity contribution is 0.767. The molecule has 4 aliphatic carbocycles. The number of rotatable bonds is 1. The van der Waals surface area contributed by atoms with E-state index in [0.717, 1.165) is 0 Å². The Labute approximate surface area is 133 Å². The fraction of sp³-hybridized carbons (Fsp3) is 0.455. The fourth-order valence-corrected chi connectivity index (χ4v) is 5.74. The van der Waals surface area contributed by atoms with E-state index in [0.29, 0.717) is 29.6 Å². The van der Waals surface area contributed by atoms with Crippen molar-refractivity contribution in [3.63, 3.8) is 0 Å². The van der Waals surface area contributed by atoms with Crippen LogP contribution in [0.15, 0.2) is 37.0 Å². The largest absolute Gasteiger partial charge is 0.102 e. The molecular weight excluding hydrogens is 264 g/mol. The Morgan fingerprint density at radius 3 is 2.18 bits per heavy atom.